The Morgan fingerprint density at radius 2 is 2.00 bits per heavy atom. The fourth-order valence-electron chi connectivity index (χ4n) is 1.84. The summed E-state index contributed by atoms with van der Waals surface area (Å²) in [6, 6.07) is 9.10. The Bertz CT molecular complexity index is 612. The zero-order chi connectivity index (χ0) is 14.5. The van der Waals surface area contributed by atoms with Crippen LogP contribution in [0.2, 0.25) is 0 Å². The lowest BCUT2D eigenvalue weighted by molar-refractivity contribution is -0.384. The predicted octanol–water partition coefficient (Wildman–Crippen LogP) is 2.92. The van der Waals surface area contributed by atoms with Gasteiger partial charge in [0, 0.05) is 18.3 Å². The number of aromatic nitrogens is 1. The van der Waals surface area contributed by atoms with Gasteiger partial charge < -0.3 is 10.1 Å². The van der Waals surface area contributed by atoms with Crippen LogP contribution in [0.4, 0.5) is 11.5 Å². The zero-order valence-electron chi connectivity index (χ0n) is 11.3. The maximum Gasteiger partial charge on any atom is 0.314 e. The first-order chi connectivity index (χ1) is 9.61. The van der Waals surface area contributed by atoms with E-state index in [2.05, 4.69) is 10.3 Å². The average molecular weight is 273 g/mol. The SMILES string of the molecule is COc1ccc(CNc2nccc(C)c2[N+](=O)[O-])cc1. The van der Waals surface area contributed by atoms with Crippen LogP contribution in [0.3, 0.4) is 0 Å². The van der Waals surface area contributed by atoms with Gasteiger partial charge in [-0.3, -0.25) is 10.1 Å². The first-order valence-corrected chi connectivity index (χ1v) is 6.08. The highest BCUT2D eigenvalue weighted by atomic mass is 16.6. The maximum absolute atomic E-state index is 11.0. The van der Waals surface area contributed by atoms with Gasteiger partial charge >= 0.3 is 5.69 Å². The molecule has 104 valence electrons. The van der Waals surface area contributed by atoms with Crippen LogP contribution in [0.5, 0.6) is 5.75 Å². The number of ether oxygens (including phenoxy) is 1. The van der Waals surface area contributed by atoms with Crippen molar-refractivity contribution in [2.24, 2.45) is 0 Å². The monoisotopic (exact) mass is 273 g/mol. The van der Waals surface area contributed by atoms with Crippen LogP contribution in [0.25, 0.3) is 0 Å². The second-order valence-corrected chi connectivity index (χ2v) is 4.28. The second-order valence-electron chi connectivity index (χ2n) is 4.28. The van der Waals surface area contributed by atoms with Crippen LogP contribution >= 0.6 is 0 Å². The summed E-state index contributed by atoms with van der Waals surface area (Å²) in [5.41, 5.74) is 1.59. The molecule has 0 spiro atoms. The standard InChI is InChI=1S/C14H15N3O3/c1-10-7-8-15-14(13(10)17(18)19)16-9-11-3-5-12(20-2)6-4-11/h3-8H,9H2,1-2H3,(H,15,16). The lowest BCUT2D eigenvalue weighted by Crippen LogP contribution is -2.05. The molecule has 0 aliphatic rings. The van der Waals surface area contributed by atoms with Crippen molar-refractivity contribution in [3.05, 3.63) is 57.8 Å². The zero-order valence-corrected chi connectivity index (χ0v) is 11.3. The van der Waals surface area contributed by atoms with Crippen LogP contribution in [-0.4, -0.2) is 17.0 Å². The van der Waals surface area contributed by atoms with Crippen molar-refractivity contribution in [2.45, 2.75) is 13.5 Å². The summed E-state index contributed by atoms with van der Waals surface area (Å²) >= 11 is 0. The minimum Gasteiger partial charge on any atom is -0.497 e. The number of aryl methyl sites for hydroxylation is 1. The molecule has 0 aliphatic heterocycles. The van der Waals surface area contributed by atoms with E-state index in [0.717, 1.165) is 11.3 Å². The molecule has 0 fully saturated rings. The van der Waals surface area contributed by atoms with E-state index in [9.17, 15) is 10.1 Å². The number of anilines is 1. The summed E-state index contributed by atoms with van der Waals surface area (Å²) in [5, 5.41) is 14.0. The van der Waals surface area contributed by atoms with Gasteiger partial charge in [0.05, 0.1) is 12.0 Å². The van der Waals surface area contributed by atoms with Gasteiger partial charge in [-0.25, -0.2) is 4.98 Å². The quantitative estimate of drug-likeness (QED) is 0.669. The third-order valence-corrected chi connectivity index (χ3v) is 2.93. The van der Waals surface area contributed by atoms with Gasteiger partial charge in [-0.15, -0.1) is 0 Å². The van der Waals surface area contributed by atoms with E-state index >= 15 is 0 Å². The van der Waals surface area contributed by atoms with Crippen molar-refractivity contribution in [1.29, 1.82) is 0 Å². The molecule has 6 heteroatoms. The van der Waals surface area contributed by atoms with Gasteiger partial charge in [-0.2, -0.15) is 0 Å². The Labute approximate surface area is 116 Å². The van der Waals surface area contributed by atoms with Crippen LogP contribution in [0, 0.1) is 17.0 Å². The first-order valence-electron chi connectivity index (χ1n) is 6.08. The van der Waals surface area contributed by atoms with Crippen molar-refractivity contribution in [3.8, 4) is 5.75 Å². The highest BCUT2D eigenvalue weighted by molar-refractivity contribution is 5.59. The molecular weight excluding hydrogens is 258 g/mol. The van der Waals surface area contributed by atoms with Gasteiger partial charge in [-0.05, 0) is 30.7 Å². The van der Waals surface area contributed by atoms with Crippen LogP contribution in [0.1, 0.15) is 11.1 Å². The van der Waals surface area contributed by atoms with E-state index in [-0.39, 0.29) is 11.5 Å². The summed E-state index contributed by atoms with van der Waals surface area (Å²) in [5.74, 6) is 1.05. The highest BCUT2D eigenvalue weighted by Crippen LogP contribution is 2.25. The molecule has 2 aromatic rings. The maximum atomic E-state index is 11.0. The average Bonchev–Trinajstić information content (AvgIpc) is 2.45. The van der Waals surface area contributed by atoms with Crippen molar-refractivity contribution in [1.82, 2.24) is 4.98 Å². The molecule has 0 saturated carbocycles. The van der Waals surface area contributed by atoms with E-state index in [1.165, 1.54) is 0 Å². The molecule has 0 atom stereocenters. The summed E-state index contributed by atoms with van der Waals surface area (Å²) in [6.07, 6.45) is 1.55. The fourth-order valence-corrected chi connectivity index (χ4v) is 1.84. The van der Waals surface area contributed by atoms with E-state index in [1.807, 2.05) is 24.3 Å². The minimum absolute atomic E-state index is 0.0148. The molecule has 2 rings (SSSR count). The van der Waals surface area contributed by atoms with Crippen molar-refractivity contribution in [3.63, 3.8) is 0 Å². The number of nitro groups is 1. The molecular formula is C14H15N3O3. The van der Waals surface area contributed by atoms with E-state index < -0.39 is 4.92 Å². The second kappa shape index (κ2) is 6.01. The smallest absolute Gasteiger partial charge is 0.314 e. The van der Waals surface area contributed by atoms with E-state index in [0.29, 0.717) is 12.1 Å². The number of hydrogen-bond acceptors (Lipinski definition) is 5. The highest BCUT2D eigenvalue weighted by Gasteiger charge is 2.17. The molecule has 6 nitrogen and oxygen atoms in total. The van der Waals surface area contributed by atoms with Gasteiger partial charge in [0.1, 0.15) is 5.75 Å². The molecule has 1 heterocycles. The number of nitrogens with zero attached hydrogens (tertiary/aromatic N) is 2. The minimum atomic E-state index is -0.418. The van der Waals surface area contributed by atoms with Crippen molar-refractivity contribution in [2.75, 3.05) is 12.4 Å². The number of hydrogen-bond donors (Lipinski definition) is 1. The number of pyridine rings is 1. The summed E-state index contributed by atoms with van der Waals surface area (Å²) in [6.45, 7) is 2.15. The summed E-state index contributed by atoms with van der Waals surface area (Å²) < 4.78 is 5.08. The Morgan fingerprint density at radius 1 is 1.30 bits per heavy atom. The third kappa shape index (κ3) is 3.03. The van der Waals surface area contributed by atoms with Gasteiger partial charge in [0.2, 0.25) is 5.82 Å². The van der Waals surface area contributed by atoms with Crippen molar-refractivity contribution < 1.29 is 9.66 Å². The van der Waals surface area contributed by atoms with Gasteiger partial charge in [0.15, 0.2) is 0 Å². The lowest BCUT2D eigenvalue weighted by Gasteiger charge is -2.08. The topological polar surface area (TPSA) is 77.3 Å². The molecule has 1 aromatic carbocycles. The Morgan fingerprint density at radius 3 is 2.60 bits per heavy atom. The Kier molecular flexibility index (Phi) is 4.14. The molecule has 0 aliphatic carbocycles. The van der Waals surface area contributed by atoms with E-state index in [4.69, 9.17) is 4.74 Å². The van der Waals surface area contributed by atoms with E-state index in [1.54, 1.807) is 26.3 Å². The number of rotatable bonds is 5. The fraction of sp³-hybridized carbons (Fsp3) is 0.214. The normalized spacial score (nSPS) is 10.1. The van der Waals surface area contributed by atoms with Gasteiger partial charge in [-0.1, -0.05) is 12.1 Å². The largest absolute Gasteiger partial charge is 0.497 e. The van der Waals surface area contributed by atoms with Crippen LogP contribution < -0.4 is 10.1 Å². The van der Waals surface area contributed by atoms with Crippen LogP contribution in [0.15, 0.2) is 36.5 Å². The molecule has 1 aromatic heterocycles. The molecule has 0 amide bonds. The number of methoxy groups -OCH3 is 1. The molecule has 0 radical (unpaired) electrons. The molecule has 20 heavy (non-hydrogen) atoms. The Balaban J connectivity index is 2.14. The predicted molar refractivity (Wildman–Crippen MR) is 75.9 cm³/mol. The number of benzene rings is 1. The lowest BCUT2D eigenvalue weighted by atomic mass is 10.2. The molecule has 0 bridgehead atoms. The molecule has 1 N–H and O–H groups in total. The van der Waals surface area contributed by atoms with Crippen LogP contribution in [-0.2, 0) is 6.54 Å². The summed E-state index contributed by atoms with van der Waals surface area (Å²) in [4.78, 5) is 14.7. The van der Waals surface area contributed by atoms with Gasteiger partial charge in [0.25, 0.3) is 0 Å². The third-order valence-electron chi connectivity index (χ3n) is 2.93. The Hall–Kier alpha value is -2.63. The number of nitrogens with one attached hydrogen (secondary N) is 1. The summed E-state index contributed by atoms with van der Waals surface area (Å²) in [7, 11) is 1.60. The molecule has 0 unspecified atom stereocenters. The molecule has 0 saturated heterocycles. The van der Waals surface area contributed by atoms with Crippen molar-refractivity contribution >= 4 is 11.5 Å². The first kappa shape index (κ1) is 13.8.